The van der Waals surface area contributed by atoms with Gasteiger partial charge in [-0.25, -0.2) is 4.98 Å². The van der Waals surface area contributed by atoms with Crippen molar-refractivity contribution in [2.45, 2.75) is 45.6 Å². The number of hydrogen-bond acceptors (Lipinski definition) is 4. The zero-order valence-electron chi connectivity index (χ0n) is 12.3. The van der Waals surface area contributed by atoms with Crippen molar-refractivity contribution in [3.63, 3.8) is 0 Å². The fourth-order valence-electron chi connectivity index (χ4n) is 2.90. The fourth-order valence-corrected chi connectivity index (χ4v) is 2.90. The van der Waals surface area contributed by atoms with Crippen LogP contribution in [-0.2, 0) is 0 Å². The molecule has 0 unspecified atom stereocenters. The number of nitrogens with zero attached hydrogens (tertiary/aromatic N) is 3. The molecule has 1 aromatic rings. The Morgan fingerprint density at radius 3 is 2.80 bits per heavy atom. The Morgan fingerprint density at radius 2 is 2.20 bits per heavy atom. The zero-order valence-corrected chi connectivity index (χ0v) is 12.3. The second-order valence-electron chi connectivity index (χ2n) is 5.84. The molecule has 20 heavy (non-hydrogen) atoms. The van der Waals surface area contributed by atoms with E-state index < -0.39 is 0 Å². The Morgan fingerprint density at radius 1 is 1.50 bits per heavy atom. The molecule has 5 heteroatoms. The van der Waals surface area contributed by atoms with Crippen molar-refractivity contribution in [3.05, 3.63) is 23.9 Å². The third kappa shape index (κ3) is 3.21. The van der Waals surface area contributed by atoms with Gasteiger partial charge in [0.1, 0.15) is 5.82 Å². The summed E-state index contributed by atoms with van der Waals surface area (Å²) >= 11 is 0. The van der Waals surface area contributed by atoms with Gasteiger partial charge in [0.2, 0.25) is 0 Å². The van der Waals surface area contributed by atoms with E-state index in [0.717, 1.165) is 12.4 Å². The Bertz CT molecular complexity index is 467. The highest BCUT2D eigenvalue weighted by molar-refractivity contribution is 6.01. The lowest BCUT2D eigenvalue weighted by Gasteiger charge is -2.32. The fraction of sp³-hybridized carbons (Fsp3) is 0.600. The molecule has 1 heterocycles. The largest absolute Gasteiger partial charge is 0.409 e. The third-order valence-electron chi connectivity index (χ3n) is 3.77. The predicted octanol–water partition coefficient (Wildman–Crippen LogP) is 2.58. The molecule has 0 amide bonds. The minimum Gasteiger partial charge on any atom is -0.409 e. The van der Waals surface area contributed by atoms with E-state index in [2.05, 4.69) is 28.9 Å². The van der Waals surface area contributed by atoms with Crippen LogP contribution < -0.4 is 10.6 Å². The summed E-state index contributed by atoms with van der Waals surface area (Å²) in [5.41, 5.74) is 6.51. The Labute approximate surface area is 120 Å². The molecule has 5 nitrogen and oxygen atoms in total. The van der Waals surface area contributed by atoms with E-state index >= 15 is 0 Å². The smallest absolute Gasteiger partial charge is 0.173 e. The van der Waals surface area contributed by atoms with Gasteiger partial charge in [-0.2, -0.15) is 0 Å². The van der Waals surface area contributed by atoms with Gasteiger partial charge >= 0.3 is 0 Å². The summed E-state index contributed by atoms with van der Waals surface area (Å²) in [5, 5.41) is 12.1. The zero-order chi connectivity index (χ0) is 14.5. The quantitative estimate of drug-likeness (QED) is 0.375. The van der Waals surface area contributed by atoms with Crippen LogP contribution in [0.25, 0.3) is 0 Å². The lowest BCUT2D eigenvalue weighted by Crippen LogP contribution is -2.38. The molecule has 1 aromatic heterocycles. The van der Waals surface area contributed by atoms with Crippen LogP contribution in [0.2, 0.25) is 0 Å². The molecule has 0 radical (unpaired) electrons. The average Bonchev–Trinajstić information content (AvgIpc) is 2.97. The minimum atomic E-state index is 0.125. The molecule has 110 valence electrons. The predicted molar refractivity (Wildman–Crippen MR) is 81.2 cm³/mol. The maximum absolute atomic E-state index is 8.96. The molecular weight excluding hydrogens is 252 g/mol. The van der Waals surface area contributed by atoms with Crippen molar-refractivity contribution in [1.29, 1.82) is 0 Å². The van der Waals surface area contributed by atoms with E-state index in [1.54, 1.807) is 6.20 Å². The van der Waals surface area contributed by atoms with Crippen molar-refractivity contribution >= 4 is 11.7 Å². The van der Waals surface area contributed by atoms with E-state index in [1.807, 2.05) is 12.1 Å². The maximum Gasteiger partial charge on any atom is 0.173 e. The number of hydrogen-bond donors (Lipinski definition) is 2. The lowest BCUT2D eigenvalue weighted by atomic mass is 10.1. The van der Waals surface area contributed by atoms with E-state index in [9.17, 15) is 0 Å². The molecule has 0 aliphatic heterocycles. The number of rotatable bonds is 5. The lowest BCUT2D eigenvalue weighted by molar-refractivity contribution is 0.318. The molecule has 1 aliphatic carbocycles. The number of aromatic nitrogens is 1. The topological polar surface area (TPSA) is 74.7 Å². The van der Waals surface area contributed by atoms with Gasteiger partial charge in [-0.05, 0) is 30.9 Å². The van der Waals surface area contributed by atoms with Crippen LogP contribution >= 0.6 is 0 Å². The number of anilines is 1. The first kappa shape index (κ1) is 14.6. The van der Waals surface area contributed by atoms with Crippen LogP contribution in [-0.4, -0.2) is 28.6 Å². The SMILES string of the molecule is CC(C)CN(c1ncccc1/C(N)=N/O)C1CCCC1. The molecule has 0 atom stereocenters. The Kier molecular flexibility index (Phi) is 4.82. The molecular formula is C15H24N4O. The first-order chi connectivity index (χ1) is 9.63. The second-order valence-corrected chi connectivity index (χ2v) is 5.84. The molecule has 0 aromatic carbocycles. The average molecular weight is 276 g/mol. The van der Waals surface area contributed by atoms with Crippen LogP contribution in [0.4, 0.5) is 5.82 Å². The molecule has 0 spiro atoms. The van der Waals surface area contributed by atoms with Gasteiger partial charge in [0.15, 0.2) is 5.84 Å². The number of oxime groups is 1. The van der Waals surface area contributed by atoms with Crippen LogP contribution in [0.5, 0.6) is 0 Å². The molecule has 3 N–H and O–H groups in total. The van der Waals surface area contributed by atoms with Gasteiger partial charge in [-0.1, -0.05) is 31.8 Å². The van der Waals surface area contributed by atoms with E-state index in [4.69, 9.17) is 10.9 Å². The Hall–Kier alpha value is -1.78. The molecule has 2 rings (SSSR count). The molecule has 1 saturated carbocycles. The number of amidine groups is 1. The van der Waals surface area contributed by atoms with Crippen LogP contribution in [0, 0.1) is 5.92 Å². The van der Waals surface area contributed by atoms with E-state index in [1.165, 1.54) is 25.7 Å². The summed E-state index contributed by atoms with van der Waals surface area (Å²) in [6.07, 6.45) is 6.69. The maximum atomic E-state index is 8.96. The van der Waals surface area contributed by atoms with E-state index in [-0.39, 0.29) is 5.84 Å². The number of nitrogens with two attached hydrogens (primary N) is 1. The van der Waals surface area contributed by atoms with Gasteiger partial charge in [-0.3, -0.25) is 0 Å². The van der Waals surface area contributed by atoms with Gasteiger partial charge in [0, 0.05) is 18.8 Å². The highest BCUT2D eigenvalue weighted by Crippen LogP contribution is 2.29. The van der Waals surface area contributed by atoms with Crippen LogP contribution in [0.3, 0.4) is 0 Å². The summed E-state index contributed by atoms with van der Waals surface area (Å²) in [5.74, 6) is 1.50. The third-order valence-corrected chi connectivity index (χ3v) is 3.77. The first-order valence-corrected chi connectivity index (χ1v) is 7.33. The summed E-state index contributed by atoms with van der Waals surface area (Å²) in [7, 11) is 0. The summed E-state index contributed by atoms with van der Waals surface area (Å²) in [4.78, 5) is 6.84. The molecule has 1 fully saturated rings. The van der Waals surface area contributed by atoms with Crippen molar-refractivity contribution in [3.8, 4) is 0 Å². The van der Waals surface area contributed by atoms with Crippen LogP contribution in [0.1, 0.15) is 45.1 Å². The highest BCUT2D eigenvalue weighted by atomic mass is 16.4. The summed E-state index contributed by atoms with van der Waals surface area (Å²) in [6, 6.07) is 4.19. The van der Waals surface area contributed by atoms with Crippen LogP contribution in [0.15, 0.2) is 23.5 Å². The molecule has 0 bridgehead atoms. The second kappa shape index (κ2) is 6.59. The summed E-state index contributed by atoms with van der Waals surface area (Å²) in [6.45, 7) is 5.34. The number of pyridine rings is 1. The normalized spacial score (nSPS) is 16.9. The monoisotopic (exact) mass is 276 g/mol. The van der Waals surface area contributed by atoms with Crippen molar-refractivity contribution in [1.82, 2.24) is 4.98 Å². The molecule has 0 saturated heterocycles. The van der Waals surface area contributed by atoms with Crippen molar-refractivity contribution in [2.75, 3.05) is 11.4 Å². The van der Waals surface area contributed by atoms with Crippen molar-refractivity contribution in [2.24, 2.45) is 16.8 Å². The van der Waals surface area contributed by atoms with Gasteiger partial charge in [0.05, 0.1) is 5.56 Å². The highest BCUT2D eigenvalue weighted by Gasteiger charge is 2.26. The standard InChI is InChI=1S/C15H24N4O/c1-11(2)10-19(12-6-3-4-7-12)15-13(14(16)18-20)8-5-9-17-15/h5,8-9,11-12,20H,3-4,6-7,10H2,1-2H3,(H2,16,18). The van der Waals surface area contributed by atoms with Gasteiger partial charge < -0.3 is 15.8 Å². The Balaban J connectivity index is 2.37. The summed E-state index contributed by atoms with van der Waals surface area (Å²) < 4.78 is 0. The van der Waals surface area contributed by atoms with Gasteiger partial charge in [-0.15, -0.1) is 0 Å². The molecule has 1 aliphatic rings. The minimum absolute atomic E-state index is 0.125. The van der Waals surface area contributed by atoms with Gasteiger partial charge in [0.25, 0.3) is 0 Å². The first-order valence-electron chi connectivity index (χ1n) is 7.33. The van der Waals surface area contributed by atoms with E-state index in [0.29, 0.717) is 17.5 Å². The van der Waals surface area contributed by atoms with Crippen molar-refractivity contribution < 1.29 is 5.21 Å².